The predicted octanol–water partition coefficient (Wildman–Crippen LogP) is 3.15. The molecule has 2 heterocycles. The molecular formula is C16H13N3O. The number of benzene rings is 2. The van der Waals surface area contributed by atoms with E-state index in [1.165, 1.54) is 0 Å². The second-order valence-electron chi connectivity index (χ2n) is 4.80. The second kappa shape index (κ2) is 4.13. The fraction of sp³-hybridized carbons (Fsp3) is 0.0625. The van der Waals surface area contributed by atoms with Crippen LogP contribution in [0.2, 0.25) is 0 Å². The van der Waals surface area contributed by atoms with Crippen molar-refractivity contribution in [3.05, 3.63) is 65.7 Å². The number of nitrogen functional groups attached to an aromatic ring is 1. The van der Waals surface area contributed by atoms with Crippen LogP contribution in [0.1, 0.15) is 11.1 Å². The molecule has 0 radical (unpaired) electrons. The van der Waals surface area contributed by atoms with Crippen molar-refractivity contribution >= 4 is 5.82 Å². The van der Waals surface area contributed by atoms with Gasteiger partial charge in [-0.2, -0.15) is 0 Å². The topological polar surface area (TPSA) is 53.1 Å². The van der Waals surface area contributed by atoms with Gasteiger partial charge in [-0.1, -0.05) is 36.4 Å². The summed E-state index contributed by atoms with van der Waals surface area (Å²) >= 11 is 0. The van der Waals surface area contributed by atoms with E-state index in [1.54, 1.807) is 4.68 Å². The van der Waals surface area contributed by atoms with E-state index in [0.29, 0.717) is 11.7 Å². The molecule has 2 N–H and O–H groups in total. The Bertz CT molecular complexity index is 778. The summed E-state index contributed by atoms with van der Waals surface area (Å²) in [4.78, 5) is 0. The van der Waals surface area contributed by atoms with Gasteiger partial charge in [0.2, 0.25) is 5.88 Å². The molecule has 4 nitrogen and oxygen atoms in total. The third kappa shape index (κ3) is 1.58. The van der Waals surface area contributed by atoms with Gasteiger partial charge in [0.05, 0.1) is 11.3 Å². The molecule has 0 bridgehead atoms. The highest BCUT2D eigenvalue weighted by molar-refractivity contribution is 5.58. The summed E-state index contributed by atoms with van der Waals surface area (Å²) in [5, 5.41) is 4.49. The van der Waals surface area contributed by atoms with Crippen LogP contribution in [0.5, 0.6) is 11.6 Å². The first-order chi connectivity index (χ1) is 9.83. The number of rotatable bonds is 1. The van der Waals surface area contributed by atoms with E-state index >= 15 is 0 Å². The summed E-state index contributed by atoms with van der Waals surface area (Å²) in [6.45, 7) is 0. The highest BCUT2D eigenvalue weighted by Gasteiger charge is 2.24. The van der Waals surface area contributed by atoms with Gasteiger partial charge in [0.1, 0.15) is 11.6 Å². The molecule has 4 heteroatoms. The number of hydrogen-bond donors (Lipinski definition) is 1. The minimum Gasteiger partial charge on any atom is -0.437 e. The molecule has 0 unspecified atom stereocenters. The lowest BCUT2D eigenvalue weighted by molar-refractivity contribution is 0.438. The van der Waals surface area contributed by atoms with Crippen molar-refractivity contribution in [3.63, 3.8) is 0 Å². The SMILES string of the molecule is Nc1c2c(nn1-c1ccccc1)Oc1ccccc1C2. The molecule has 0 aliphatic carbocycles. The average molecular weight is 263 g/mol. The summed E-state index contributed by atoms with van der Waals surface area (Å²) in [6, 6.07) is 17.8. The predicted molar refractivity (Wildman–Crippen MR) is 77.3 cm³/mol. The van der Waals surface area contributed by atoms with Crippen molar-refractivity contribution in [1.82, 2.24) is 9.78 Å². The molecule has 3 aromatic rings. The maximum absolute atomic E-state index is 6.23. The maximum Gasteiger partial charge on any atom is 0.244 e. The van der Waals surface area contributed by atoms with Crippen LogP contribution in [0.3, 0.4) is 0 Å². The molecule has 98 valence electrons. The third-order valence-electron chi connectivity index (χ3n) is 3.53. The van der Waals surface area contributed by atoms with Crippen LogP contribution in [0.4, 0.5) is 5.82 Å². The number of hydrogen-bond acceptors (Lipinski definition) is 3. The fourth-order valence-electron chi connectivity index (χ4n) is 2.50. The van der Waals surface area contributed by atoms with Gasteiger partial charge in [-0.3, -0.25) is 0 Å². The summed E-state index contributed by atoms with van der Waals surface area (Å²) in [7, 11) is 0. The summed E-state index contributed by atoms with van der Waals surface area (Å²) < 4.78 is 7.58. The Hall–Kier alpha value is -2.75. The van der Waals surface area contributed by atoms with E-state index in [1.807, 2.05) is 48.5 Å². The second-order valence-corrected chi connectivity index (χ2v) is 4.80. The number of nitrogens with zero attached hydrogens (tertiary/aromatic N) is 2. The lowest BCUT2D eigenvalue weighted by Gasteiger charge is -2.15. The van der Waals surface area contributed by atoms with Crippen LogP contribution in [0, 0.1) is 0 Å². The average Bonchev–Trinajstić information content (AvgIpc) is 2.83. The number of ether oxygens (including phenoxy) is 1. The van der Waals surface area contributed by atoms with Gasteiger partial charge >= 0.3 is 0 Å². The summed E-state index contributed by atoms with van der Waals surface area (Å²) in [6.07, 6.45) is 0.754. The first kappa shape index (κ1) is 11.1. The molecule has 0 atom stereocenters. The van der Waals surface area contributed by atoms with Crippen LogP contribution >= 0.6 is 0 Å². The smallest absolute Gasteiger partial charge is 0.244 e. The van der Waals surface area contributed by atoms with Crippen LogP contribution in [0.15, 0.2) is 54.6 Å². The minimum absolute atomic E-state index is 0.602. The lowest BCUT2D eigenvalue weighted by Crippen LogP contribution is -2.04. The van der Waals surface area contributed by atoms with Gasteiger partial charge in [-0.05, 0) is 23.8 Å². The molecule has 20 heavy (non-hydrogen) atoms. The molecule has 0 spiro atoms. The van der Waals surface area contributed by atoms with Crippen LogP contribution in [-0.4, -0.2) is 9.78 Å². The van der Waals surface area contributed by atoms with E-state index in [9.17, 15) is 0 Å². The highest BCUT2D eigenvalue weighted by Crippen LogP contribution is 2.39. The molecule has 4 rings (SSSR count). The van der Waals surface area contributed by atoms with Crippen LogP contribution in [0.25, 0.3) is 5.69 Å². The van der Waals surface area contributed by atoms with Gasteiger partial charge in [0, 0.05) is 6.42 Å². The van der Waals surface area contributed by atoms with Crippen molar-refractivity contribution < 1.29 is 4.74 Å². The first-order valence-electron chi connectivity index (χ1n) is 6.51. The van der Waals surface area contributed by atoms with E-state index in [4.69, 9.17) is 10.5 Å². The van der Waals surface area contributed by atoms with Crippen molar-refractivity contribution in [3.8, 4) is 17.3 Å². The largest absolute Gasteiger partial charge is 0.437 e. The Morgan fingerprint density at radius 1 is 1.00 bits per heavy atom. The number of aromatic nitrogens is 2. The van der Waals surface area contributed by atoms with E-state index < -0.39 is 0 Å². The molecular weight excluding hydrogens is 250 g/mol. The Kier molecular flexibility index (Phi) is 2.29. The maximum atomic E-state index is 6.23. The molecule has 1 aromatic heterocycles. The van der Waals surface area contributed by atoms with Crippen LogP contribution in [-0.2, 0) is 6.42 Å². The van der Waals surface area contributed by atoms with Crippen LogP contribution < -0.4 is 10.5 Å². The van der Waals surface area contributed by atoms with E-state index in [2.05, 4.69) is 11.2 Å². The number of para-hydroxylation sites is 2. The Balaban J connectivity index is 1.84. The Morgan fingerprint density at radius 3 is 2.60 bits per heavy atom. The number of anilines is 1. The van der Waals surface area contributed by atoms with Gasteiger partial charge in [0.25, 0.3) is 0 Å². The van der Waals surface area contributed by atoms with Crippen molar-refractivity contribution in [2.45, 2.75) is 6.42 Å². The minimum atomic E-state index is 0.602. The molecule has 1 aliphatic rings. The summed E-state index contributed by atoms with van der Waals surface area (Å²) in [5.74, 6) is 2.10. The Morgan fingerprint density at radius 2 is 1.75 bits per heavy atom. The fourth-order valence-corrected chi connectivity index (χ4v) is 2.50. The van der Waals surface area contributed by atoms with Gasteiger partial charge in [0.15, 0.2) is 0 Å². The third-order valence-corrected chi connectivity index (χ3v) is 3.53. The molecule has 1 aliphatic heterocycles. The molecule has 0 amide bonds. The Labute approximate surface area is 116 Å². The number of fused-ring (bicyclic) bond motifs is 2. The van der Waals surface area contributed by atoms with Crippen molar-refractivity contribution in [2.75, 3.05) is 5.73 Å². The zero-order valence-electron chi connectivity index (χ0n) is 10.8. The van der Waals surface area contributed by atoms with Gasteiger partial charge < -0.3 is 10.5 Å². The standard InChI is InChI=1S/C16H13N3O/c17-15-13-10-11-6-4-5-9-14(11)20-16(13)18-19(15)12-7-2-1-3-8-12/h1-9H,10,17H2. The van der Waals surface area contributed by atoms with Crippen molar-refractivity contribution in [1.29, 1.82) is 0 Å². The molecule has 0 saturated carbocycles. The quantitative estimate of drug-likeness (QED) is 0.574. The summed E-state index contributed by atoms with van der Waals surface area (Å²) in [5.41, 5.74) is 9.26. The zero-order chi connectivity index (χ0) is 13.5. The molecule has 2 aromatic carbocycles. The van der Waals surface area contributed by atoms with Gasteiger partial charge in [-0.15, -0.1) is 5.10 Å². The van der Waals surface area contributed by atoms with Gasteiger partial charge in [-0.25, -0.2) is 4.68 Å². The lowest BCUT2D eigenvalue weighted by atomic mass is 10.0. The van der Waals surface area contributed by atoms with E-state index in [-0.39, 0.29) is 0 Å². The highest BCUT2D eigenvalue weighted by atomic mass is 16.5. The number of nitrogens with two attached hydrogens (primary N) is 1. The molecule has 0 fully saturated rings. The molecule has 0 saturated heterocycles. The normalized spacial score (nSPS) is 12.4. The monoisotopic (exact) mass is 263 g/mol. The zero-order valence-corrected chi connectivity index (χ0v) is 10.8. The van der Waals surface area contributed by atoms with Crippen molar-refractivity contribution in [2.24, 2.45) is 0 Å². The van der Waals surface area contributed by atoms with E-state index in [0.717, 1.165) is 29.0 Å². The first-order valence-corrected chi connectivity index (χ1v) is 6.51.